The highest BCUT2D eigenvalue weighted by Gasteiger charge is 2.05. The van der Waals surface area contributed by atoms with Crippen LogP contribution in [-0.2, 0) is 0 Å². The first-order valence-electron chi connectivity index (χ1n) is 5.75. The van der Waals surface area contributed by atoms with Crippen molar-refractivity contribution in [1.29, 1.82) is 0 Å². The zero-order chi connectivity index (χ0) is 12.8. The molecule has 0 atom stereocenters. The molecule has 0 aliphatic carbocycles. The van der Waals surface area contributed by atoms with Crippen LogP contribution >= 0.6 is 0 Å². The van der Waals surface area contributed by atoms with Gasteiger partial charge in [0, 0.05) is 6.54 Å². The highest BCUT2D eigenvalue weighted by Crippen LogP contribution is 2.28. The zero-order valence-corrected chi connectivity index (χ0v) is 11.0. The second-order valence-electron chi connectivity index (χ2n) is 4.19. The number of nitrogens with two attached hydrogens (primary N) is 1. The fourth-order valence-electron chi connectivity index (χ4n) is 1.62. The SMILES string of the molecule is COc1ccc(C=C(CN)C(C)C)cc1OC. The maximum Gasteiger partial charge on any atom is 0.161 e. The lowest BCUT2D eigenvalue weighted by molar-refractivity contribution is 0.355. The van der Waals surface area contributed by atoms with E-state index < -0.39 is 0 Å². The molecular formula is C14H21NO2. The van der Waals surface area contributed by atoms with E-state index in [4.69, 9.17) is 15.2 Å². The number of benzene rings is 1. The van der Waals surface area contributed by atoms with Crippen LogP contribution in [0.1, 0.15) is 19.4 Å². The van der Waals surface area contributed by atoms with Crippen molar-refractivity contribution in [3.63, 3.8) is 0 Å². The maximum absolute atomic E-state index is 5.72. The predicted molar refractivity (Wildman–Crippen MR) is 71.4 cm³/mol. The van der Waals surface area contributed by atoms with Gasteiger partial charge in [0.05, 0.1) is 14.2 Å². The number of hydrogen-bond acceptors (Lipinski definition) is 3. The summed E-state index contributed by atoms with van der Waals surface area (Å²) in [4.78, 5) is 0. The van der Waals surface area contributed by atoms with Crippen molar-refractivity contribution in [3.8, 4) is 11.5 Å². The third-order valence-electron chi connectivity index (χ3n) is 2.74. The molecule has 17 heavy (non-hydrogen) atoms. The molecule has 0 radical (unpaired) electrons. The summed E-state index contributed by atoms with van der Waals surface area (Å²) in [6.07, 6.45) is 2.10. The summed E-state index contributed by atoms with van der Waals surface area (Å²) in [6.45, 7) is 4.85. The molecule has 1 aromatic carbocycles. The van der Waals surface area contributed by atoms with Gasteiger partial charge in [-0.25, -0.2) is 0 Å². The molecule has 2 N–H and O–H groups in total. The Morgan fingerprint density at radius 2 is 1.88 bits per heavy atom. The zero-order valence-electron chi connectivity index (χ0n) is 11.0. The van der Waals surface area contributed by atoms with Crippen LogP contribution in [0.15, 0.2) is 23.8 Å². The van der Waals surface area contributed by atoms with Crippen LogP contribution in [0.2, 0.25) is 0 Å². The first-order chi connectivity index (χ1) is 8.12. The van der Waals surface area contributed by atoms with E-state index in [0.29, 0.717) is 12.5 Å². The van der Waals surface area contributed by atoms with E-state index in [2.05, 4.69) is 19.9 Å². The Balaban J connectivity index is 3.07. The molecule has 0 spiro atoms. The van der Waals surface area contributed by atoms with Crippen LogP contribution in [0.4, 0.5) is 0 Å². The molecule has 1 rings (SSSR count). The molecule has 0 aromatic heterocycles. The molecule has 0 amide bonds. The van der Waals surface area contributed by atoms with Crippen LogP contribution in [0.3, 0.4) is 0 Å². The van der Waals surface area contributed by atoms with E-state index >= 15 is 0 Å². The molecule has 94 valence electrons. The van der Waals surface area contributed by atoms with E-state index in [1.54, 1.807) is 14.2 Å². The molecule has 0 heterocycles. The third kappa shape index (κ3) is 3.49. The Morgan fingerprint density at radius 3 is 2.35 bits per heavy atom. The van der Waals surface area contributed by atoms with Crippen LogP contribution in [0, 0.1) is 5.92 Å². The fourth-order valence-corrected chi connectivity index (χ4v) is 1.62. The Morgan fingerprint density at radius 1 is 1.24 bits per heavy atom. The van der Waals surface area contributed by atoms with Gasteiger partial charge < -0.3 is 15.2 Å². The molecule has 0 aliphatic heterocycles. The van der Waals surface area contributed by atoms with Gasteiger partial charge in [-0.3, -0.25) is 0 Å². The number of methoxy groups -OCH3 is 2. The monoisotopic (exact) mass is 235 g/mol. The fraction of sp³-hybridized carbons (Fsp3) is 0.429. The first kappa shape index (κ1) is 13.6. The Hall–Kier alpha value is -1.48. The summed E-state index contributed by atoms with van der Waals surface area (Å²) >= 11 is 0. The molecule has 0 bridgehead atoms. The van der Waals surface area contributed by atoms with E-state index in [0.717, 1.165) is 17.1 Å². The smallest absolute Gasteiger partial charge is 0.161 e. The molecule has 0 saturated carbocycles. The van der Waals surface area contributed by atoms with E-state index in [1.807, 2.05) is 18.2 Å². The maximum atomic E-state index is 5.72. The normalized spacial score (nSPS) is 11.8. The molecule has 3 nitrogen and oxygen atoms in total. The van der Waals surface area contributed by atoms with Gasteiger partial charge in [0.25, 0.3) is 0 Å². The molecular weight excluding hydrogens is 214 g/mol. The second-order valence-corrected chi connectivity index (χ2v) is 4.19. The van der Waals surface area contributed by atoms with Gasteiger partial charge in [-0.15, -0.1) is 0 Å². The summed E-state index contributed by atoms with van der Waals surface area (Å²) in [5.41, 5.74) is 8.02. The summed E-state index contributed by atoms with van der Waals surface area (Å²) in [7, 11) is 3.27. The van der Waals surface area contributed by atoms with Gasteiger partial charge >= 0.3 is 0 Å². The van der Waals surface area contributed by atoms with Crippen molar-refractivity contribution >= 4 is 6.08 Å². The topological polar surface area (TPSA) is 44.5 Å². The first-order valence-corrected chi connectivity index (χ1v) is 5.75. The van der Waals surface area contributed by atoms with Crippen LogP contribution in [0.5, 0.6) is 11.5 Å². The highest BCUT2D eigenvalue weighted by molar-refractivity contribution is 5.58. The Kier molecular flexibility index (Phi) is 5.04. The van der Waals surface area contributed by atoms with E-state index in [9.17, 15) is 0 Å². The number of hydrogen-bond donors (Lipinski definition) is 1. The average molecular weight is 235 g/mol. The van der Waals surface area contributed by atoms with Crippen molar-refractivity contribution in [2.75, 3.05) is 20.8 Å². The Labute approximate surface area is 103 Å². The van der Waals surface area contributed by atoms with Crippen molar-refractivity contribution in [3.05, 3.63) is 29.3 Å². The Bertz CT molecular complexity index is 397. The third-order valence-corrected chi connectivity index (χ3v) is 2.74. The molecule has 3 heteroatoms. The standard InChI is InChI=1S/C14H21NO2/c1-10(2)12(9-15)7-11-5-6-13(16-3)14(8-11)17-4/h5-8,10H,9,15H2,1-4H3. The minimum absolute atomic E-state index is 0.452. The van der Waals surface area contributed by atoms with Gasteiger partial charge in [-0.2, -0.15) is 0 Å². The van der Waals surface area contributed by atoms with Crippen LogP contribution in [0.25, 0.3) is 6.08 Å². The highest BCUT2D eigenvalue weighted by atomic mass is 16.5. The van der Waals surface area contributed by atoms with Crippen molar-refractivity contribution in [2.24, 2.45) is 11.7 Å². The lowest BCUT2D eigenvalue weighted by Gasteiger charge is -2.11. The lowest BCUT2D eigenvalue weighted by atomic mass is 10.0. The molecule has 0 saturated heterocycles. The second kappa shape index (κ2) is 6.30. The van der Waals surface area contributed by atoms with Crippen LogP contribution in [-0.4, -0.2) is 20.8 Å². The van der Waals surface area contributed by atoms with Crippen molar-refractivity contribution in [1.82, 2.24) is 0 Å². The van der Waals surface area contributed by atoms with E-state index in [-0.39, 0.29) is 0 Å². The summed E-state index contributed by atoms with van der Waals surface area (Å²) in [6, 6.07) is 5.86. The van der Waals surface area contributed by atoms with Crippen molar-refractivity contribution in [2.45, 2.75) is 13.8 Å². The lowest BCUT2D eigenvalue weighted by Crippen LogP contribution is -2.08. The average Bonchev–Trinajstić information content (AvgIpc) is 2.35. The molecule has 0 fully saturated rings. The number of rotatable bonds is 5. The van der Waals surface area contributed by atoms with Crippen molar-refractivity contribution < 1.29 is 9.47 Å². The molecule has 0 unspecified atom stereocenters. The molecule has 1 aromatic rings. The summed E-state index contributed by atoms with van der Waals surface area (Å²) in [5.74, 6) is 1.93. The summed E-state index contributed by atoms with van der Waals surface area (Å²) in [5, 5.41) is 0. The predicted octanol–water partition coefficient (Wildman–Crippen LogP) is 2.70. The summed E-state index contributed by atoms with van der Waals surface area (Å²) < 4.78 is 10.5. The molecule has 0 aliphatic rings. The largest absolute Gasteiger partial charge is 0.493 e. The quantitative estimate of drug-likeness (QED) is 0.853. The van der Waals surface area contributed by atoms with Crippen LogP contribution < -0.4 is 15.2 Å². The van der Waals surface area contributed by atoms with Gasteiger partial charge in [0.2, 0.25) is 0 Å². The minimum atomic E-state index is 0.452. The van der Waals surface area contributed by atoms with Gasteiger partial charge in [-0.1, -0.05) is 31.6 Å². The van der Waals surface area contributed by atoms with Gasteiger partial charge in [0.15, 0.2) is 11.5 Å². The minimum Gasteiger partial charge on any atom is -0.493 e. The number of ether oxygens (including phenoxy) is 2. The van der Waals surface area contributed by atoms with E-state index in [1.165, 1.54) is 5.57 Å². The van der Waals surface area contributed by atoms with Gasteiger partial charge in [0.1, 0.15) is 0 Å². The van der Waals surface area contributed by atoms with Gasteiger partial charge in [-0.05, 0) is 23.6 Å².